The van der Waals surface area contributed by atoms with Crippen LogP contribution in [0.15, 0.2) is 5.38 Å². The van der Waals surface area contributed by atoms with Crippen molar-refractivity contribution < 1.29 is 19.5 Å². The molecule has 0 fully saturated rings. The third-order valence-corrected chi connectivity index (χ3v) is 2.50. The Morgan fingerprint density at radius 3 is 2.65 bits per heavy atom. The van der Waals surface area contributed by atoms with Gasteiger partial charge in [-0.15, -0.1) is 11.3 Å². The summed E-state index contributed by atoms with van der Waals surface area (Å²) in [7, 11) is 0. The molecule has 92 valence electrons. The van der Waals surface area contributed by atoms with Crippen molar-refractivity contribution in [1.82, 2.24) is 10.3 Å². The SMILES string of the molecule is CC(=O)Nc1nc(C(=O)NC(C)C(=O)O)cs1. The monoisotopic (exact) mass is 257 g/mol. The summed E-state index contributed by atoms with van der Waals surface area (Å²) in [5.41, 5.74) is 0.0758. The Labute approximate surface area is 101 Å². The fraction of sp³-hybridized carbons (Fsp3) is 0.333. The summed E-state index contributed by atoms with van der Waals surface area (Å²) < 4.78 is 0. The van der Waals surface area contributed by atoms with Gasteiger partial charge in [-0.1, -0.05) is 0 Å². The van der Waals surface area contributed by atoms with E-state index in [4.69, 9.17) is 5.11 Å². The number of nitrogens with zero attached hydrogens (tertiary/aromatic N) is 1. The van der Waals surface area contributed by atoms with Crippen molar-refractivity contribution in [1.29, 1.82) is 0 Å². The number of carboxylic acid groups (broad SMARTS) is 1. The summed E-state index contributed by atoms with van der Waals surface area (Å²) in [4.78, 5) is 36.6. The molecule has 1 rings (SSSR count). The molecule has 0 radical (unpaired) electrons. The van der Waals surface area contributed by atoms with Crippen LogP contribution in [0, 0.1) is 0 Å². The first kappa shape index (κ1) is 13.1. The lowest BCUT2D eigenvalue weighted by Gasteiger charge is -2.06. The number of anilines is 1. The van der Waals surface area contributed by atoms with Crippen molar-refractivity contribution >= 4 is 34.3 Å². The van der Waals surface area contributed by atoms with Gasteiger partial charge in [-0.25, -0.2) is 4.98 Å². The summed E-state index contributed by atoms with van der Waals surface area (Å²) in [5, 5.41) is 15.0. The van der Waals surface area contributed by atoms with Crippen molar-refractivity contribution in [3.05, 3.63) is 11.1 Å². The van der Waals surface area contributed by atoms with Crippen molar-refractivity contribution in [3.63, 3.8) is 0 Å². The molecule has 3 N–H and O–H groups in total. The Bertz CT molecular complexity index is 457. The molecule has 0 aliphatic carbocycles. The molecule has 7 nitrogen and oxygen atoms in total. The fourth-order valence-electron chi connectivity index (χ4n) is 0.918. The lowest BCUT2D eigenvalue weighted by molar-refractivity contribution is -0.138. The van der Waals surface area contributed by atoms with Gasteiger partial charge in [0.2, 0.25) is 5.91 Å². The summed E-state index contributed by atoms with van der Waals surface area (Å²) in [6.07, 6.45) is 0. The van der Waals surface area contributed by atoms with Crippen LogP contribution < -0.4 is 10.6 Å². The van der Waals surface area contributed by atoms with Crippen molar-refractivity contribution in [3.8, 4) is 0 Å². The zero-order chi connectivity index (χ0) is 13.0. The maximum Gasteiger partial charge on any atom is 0.325 e. The molecule has 0 aromatic carbocycles. The van der Waals surface area contributed by atoms with Crippen LogP contribution in [-0.4, -0.2) is 33.9 Å². The Kier molecular flexibility index (Phi) is 4.16. The molecule has 0 aliphatic heterocycles. The van der Waals surface area contributed by atoms with E-state index in [0.29, 0.717) is 5.13 Å². The lowest BCUT2D eigenvalue weighted by atomic mass is 10.3. The highest BCUT2D eigenvalue weighted by Crippen LogP contribution is 2.15. The van der Waals surface area contributed by atoms with Gasteiger partial charge in [0, 0.05) is 12.3 Å². The molecule has 2 amide bonds. The zero-order valence-electron chi connectivity index (χ0n) is 9.18. The molecule has 0 saturated heterocycles. The topological polar surface area (TPSA) is 108 Å². The van der Waals surface area contributed by atoms with Crippen LogP contribution in [0.25, 0.3) is 0 Å². The van der Waals surface area contributed by atoms with E-state index in [1.807, 2.05) is 0 Å². The summed E-state index contributed by atoms with van der Waals surface area (Å²) in [5.74, 6) is -2.01. The van der Waals surface area contributed by atoms with Crippen LogP contribution in [0.3, 0.4) is 0 Å². The lowest BCUT2D eigenvalue weighted by Crippen LogP contribution is -2.38. The second kappa shape index (κ2) is 5.39. The predicted molar refractivity (Wildman–Crippen MR) is 61.0 cm³/mol. The maximum atomic E-state index is 11.5. The highest BCUT2D eigenvalue weighted by molar-refractivity contribution is 7.14. The maximum absolute atomic E-state index is 11.5. The van der Waals surface area contributed by atoms with E-state index in [0.717, 1.165) is 11.3 Å². The number of aromatic nitrogens is 1. The Hall–Kier alpha value is -1.96. The first-order chi connectivity index (χ1) is 7.90. The van der Waals surface area contributed by atoms with Gasteiger partial charge in [0.05, 0.1) is 0 Å². The Morgan fingerprint density at radius 2 is 2.12 bits per heavy atom. The van der Waals surface area contributed by atoms with E-state index in [9.17, 15) is 14.4 Å². The minimum atomic E-state index is -1.13. The molecule has 8 heteroatoms. The van der Waals surface area contributed by atoms with Crippen LogP contribution in [-0.2, 0) is 9.59 Å². The number of carbonyl (C=O) groups excluding carboxylic acids is 2. The number of thiazole rings is 1. The Morgan fingerprint density at radius 1 is 1.47 bits per heavy atom. The second-order valence-corrected chi connectivity index (χ2v) is 4.11. The molecule has 1 atom stereocenters. The molecular formula is C9H11N3O4S. The minimum absolute atomic E-state index is 0.0758. The normalized spacial score (nSPS) is 11.6. The van der Waals surface area contributed by atoms with Gasteiger partial charge in [0.25, 0.3) is 5.91 Å². The number of amides is 2. The fourth-order valence-corrected chi connectivity index (χ4v) is 1.66. The largest absolute Gasteiger partial charge is 0.480 e. The molecule has 1 aromatic rings. The molecule has 17 heavy (non-hydrogen) atoms. The summed E-state index contributed by atoms with van der Waals surface area (Å²) in [6.45, 7) is 2.68. The molecule has 0 bridgehead atoms. The number of nitrogens with one attached hydrogen (secondary N) is 2. The minimum Gasteiger partial charge on any atom is -0.480 e. The predicted octanol–water partition coefficient (Wildman–Crippen LogP) is 0.304. The second-order valence-electron chi connectivity index (χ2n) is 3.25. The number of rotatable bonds is 4. The summed E-state index contributed by atoms with van der Waals surface area (Å²) >= 11 is 1.09. The number of carboxylic acids is 1. The van der Waals surface area contributed by atoms with E-state index >= 15 is 0 Å². The van der Waals surface area contributed by atoms with E-state index in [2.05, 4.69) is 15.6 Å². The van der Waals surface area contributed by atoms with Gasteiger partial charge in [-0.3, -0.25) is 14.4 Å². The van der Waals surface area contributed by atoms with E-state index < -0.39 is 17.9 Å². The Balaban J connectivity index is 2.67. The quantitative estimate of drug-likeness (QED) is 0.719. The number of carbonyl (C=O) groups is 3. The van der Waals surface area contributed by atoms with Crippen LogP contribution in [0.1, 0.15) is 24.3 Å². The zero-order valence-corrected chi connectivity index (χ0v) is 10.00. The van der Waals surface area contributed by atoms with Crippen molar-refractivity contribution in [2.24, 2.45) is 0 Å². The van der Waals surface area contributed by atoms with Gasteiger partial charge < -0.3 is 15.7 Å². The average molecular weight is 257 g/mol. The van der Waals surface area contributed by atoms with Gasteiger partial charge in [-0.05, 0) is 6.92 Å². The number of hydrogen-bond donors (Lipinski definition) is 3. The third-order valence-electron chi connectivity index (χ3n) is 1.74. The third kappa shape index (κ3) is 3.83. The molecule has 1 aromatic heterocycles. The van der Waals surface area contributed by atoms with Crippen LogP contribution in [0.5, 0.6) is 0 Å². The summed E-state index contributed by atoms with van der Waals surface area (Å²) in [6, 6.07) is -0.992. The number of hydrogen-bond acceptors (Lipinski definition) is 5. The van der Waals surface area contributed by atoms with E-state index in [1.54, 1.807) is 0 Å². The number of aliphatic carboxylic acids is 1. The van der Waals surface area contributed by atoms with Gasteiger partial charge >= 0.3 is 5.97 Å². The molecule has 0 saturated carbocycles. The highest BCUT2D eigenvalue weighted by Gasteiger charge is 2.17. The standard InChI is InChI=1S/C9H11N3O4S/c1-4(8(15)16)10-7(14)6-3-17-9(12-6)11-5(2)13/h3-4H,1-2H3,(H,10,14)(H,15,16)(H,11,12,13). The molecule has 0 aliphatic rings. The first-order valence-corrected chi connectivity index (χ1v) is 5.55. The van der Waals surface area contributed by atoms with Crippen molar-refractivity contribution in [2.45, 2.75) is 19.9 Å². The van der Waals surface area contributed by atoms with E-state index in [-0.39, 0.29) is 11.6 Å². The van der Waals surface area contributed by atoms with Crippen molar-refractivity contribution in [2.75, 3.05) is 5.32 Å². The first-order valence-electron chi connectivity index (χ1n) is 4.67. The average Bonchev–Trinajstić information content (AvgIpc) is 2.64. The van der Waals surface area contributed by atoms with Gasteiger partial charge in [0.15, 0.2) is 5.13 Å². The smallest absolute Gasteiger partial charge is 0.325 e. The van der Waals surface area contributed by atoms with Crippen LogP contribution in [0.2, 0.25) is 0 Å². The van der Waals surface area contributed by atoms with Crippen LogP contribution in [0.4, 0.5) is 5.13 Å². The van der Waals surface area contributed by atoms with E-state index in [1.165, 1.54) is 19.2 Å². The van der Waals surface area contributed by atoms with Gasteiger partial charge in [0.1, 0.15) is 11.7 Å². The molecule has 1 heterocycles. The van der Waals surface area contributed by atoms with Crippen LogP contribution >= 0.6 is 11.3 Å². The highest BCUT2D eigenvalue weighted by atomic mass is 32.1. The van der Waals surface area contributed by atoms with Gasteiger partial charge in [-0.2, -0.15) is 0 Å². The molecule has 1 unspecified atom stereocenters. The molecule has 0 spiro atoms. The molecular weight excluding hydrogens is 246 g/mol.